The van der Waals surface area contributed by atoms with Gasteiger partial charge in [0, 0.05) is 49.5 Å². The lowest BCUT2D eigenvalue weighted by atomic mass is 10.3. The van der Waals surface area contributed by atoms with Crippen molar-refractivity contribution in [3.8, 4) is 0 Å². The molecule has 2 heterocycles. The number of rotatable bonds is 5. The summed E-state index contributed by atoms with van der Waals surface area (Å²) in [7, 11) is 5.95. The lowest BCUT2D eigenvalue weighted by Crippen LogP contribution is -2.15. The first-order chi connectivity index (χ1) is 8.60. The third-order valence-corrected chi connectivity index (χ3v) is 4.17. The predicted molar refractivity (Wildman–Crippen MR) is 74.9 cm³/mol. The fraction of sp³-hybridized carbons (Fsp3) is 0.500. The normalized spacial score (nSPS) is 12.7. The highest BCUT2D eigenvalue weighted by molar-refractivity contribution is 7.15. The molecule has 0 aliphatic heterocycles. The number of aromatic nitrogens is 3. The summed E-state index contributed by atoms with van der Waals surface area (Å²) in [4.78, 5) is 7.87. The zero-order valence-corrected chi connectivity index (χ0v) is 12.0. The molecule has 5 nitrogen and oxygen atoms in total. The number of nitrogens with zero attached hydrogens (tertiary/aromatic N) is 4. The highest BCUT2D eigenvalue weighted by Gasteiger charge is 2.11. The number of thiazole rings is 1. The van der Waals surface area contributed by atoms with Gasteiger partial charge in [-0.3, -0.25) is 4.68 Å². The van der Waals surface area contributed by atoms with E-state index in [0.717, 1.165) is 11.7 Å². The Morgan fingerprint density at radius 2 is 2.28 bits per heavy atom. The second kappa shape index (κ2) is 5.49. The van der Waals surface area contributed by atoms with Crippen LogP contribution in [0, 0.1) is 0 Å². The van der Waals surface area contributed by atoms with E-state index in [2.05, 4.69) is 34.3 Å². The van der Waals surface area contributed by atoms with Crippen LogP contribution in [0.25, 0.3) is 0 Å². The molecule has 6 heteroatoms. The summed E-state index contributed by atoms with van der Waals surface area (Å²) in [5.74, 6) is 0. The standard InChI is InChI=1S/C12H19N5S/c1-9(13-2)11-6-14-12(18-11)16(3)7-10-5-15-17(4)8-10/h5-6,8-9,13H,7H2,1-4H3. The van der Waals surface area contributed by atoms with E-state index in [4.69, 9.17) is 0 Å². The van der Waals surface area contributed by atoms with Crippen molar-refractivity contribution in [1.29, 1.82) is 0 Å². The van der Waals surface area contributed by atoms with Crippen molar-refractivity contribution < 1.29 is 0 Å². The van der Waals surface area contributed by atoms with Gasteiger partial charge in [-0.05, 0) is 14.0 Å². The van der Waals surface area contributed by atoms with Crippen LogP contribution in [-0.2, 0) is 13.6 Å². The van der Waals surface area contributed by atoms with Gasteiger partial charge in [-0.25, -0.2) is 4.98 Å². The van der Waals surface area contributed by atoms with E-state index in [1.54, 1.807) is 11.3 Å². The van der Waals surface area contributed by atoms with Gasteiger partial charge in [0.15, 0.2) is 5.13 Å². The summed E-state index contributed by atoms with van der Waals surface area (Å²) < 4.78 is 1.82. The monoisotopic (exact) mass is 265 g/mol. The van der Waals surface area contributed by atoms with Crippen LogP contribution in [0.1, 0.15) is 23.4 Å². The number of aryl methyl sites for hydroxylation is 1. The molecule has 0 amide bonds. The molecular formula is C12H19N5S. The maximum absolute atomic E-state index is 4.47. The average molecular weight is 265 g/mol. The molecular weight excluding hydrogens is 246 g/mol. The van der Waals surface area contributed by atoms with Crippen LogP contribution in [0.5, 0.6) is 0 Å². The first kappa shape index (κ1) is 13.0. The van der Waals surface area contributed by atoms with Crippen molar-refractivity contribution >= 4 is 16.5 Å². The van der Waals surface area contributed by atoms with E-state index < -0.39 is 0 Å². The van der Waals surface area contributed by atoms with Crippen molar-refractivity contribution in [1.82, 2.24) is 20.1 Å². The molecule has 1 unspecified atom stereocenters. The lowest BCUT2D eigenvalue weighted by Gasteiger charge is -2.14. The third-order valence-electron chi connectivity index (χ3n) is 2.88. The molecule has 2 aromatic heterocycles. The fourth-order valence-electron chi connectivity index (χ4n) is 1.69. The second-order valence-corrected chi connectivity index (χ2v) is 5.47. The Bertz CT molecular complexity index is 504. The van der Waals surface area contributed by atoms with Gasteiger partial charge in [0.25, 0.3) is 0 Å². The Labute approximate surface area is 111 Å². The van der Waals surface area contributed by atoms with E-state index in [-0.39, 0.29) is 0 Å². The molecule has 1 N–H and O–H groups in total. The maximum atomic E-state index is 4.47. The number of hydrogen-bond acceptors (Lipinski definition) is 5. The Hall–Kier alpha value is -1.40. The Balaban J connectivity index is 2.04. The van der Waals surface area contributed by atoms with Crippen molar-refractivity contribution in [2.45, 2.75) is 19.5 Å². The summed E-state index contributed by atoms with van der Waals surface area (Å²) in [6.07, 6.45) is 5.86. The summed E-state index contributed by atoms with van der Waals surface area (Å²) in [5.41, 5.74) is 1.19. The Morgan fingerprint density at radius 1 is 1.50 bits per heavy atom. The van der Waals surface area contributed by atoms with Gasteiger partial charge in [-0.15, -0.1) is 11.3 Å². The predicted octanol–water partition coefficient (Wildman–Crippen LogP) is 1.79. The van der Waals surface area contributed by atoms with Gasteiger partial charge in [-0.1, -0.05) is 0 Å². The second-order valence-electron chi connectivity index (χ2n) is 4.43. The largest absolute Gasteiger partial charge is 0.347 e. The number of nitrogens with one attached hydrogen (secondary N) is 1. The average Bonchev–Trinajstić information content (AvgIpc) is 2.97. The van der Waals surface area contributed by atoms with Crippen LogP contribution >= 0.6 is 11.3 Å². The lowest BCUT2D eigenvalue weighted by molar-refractivity contribution is 0.662. The molecule has 98 valence electrons. The summed E-state index contributed by atoms with van der Waals surface area (Å²) in [6.45, 7) is 2.97. The van der Waals surface area contributed by atoms with Crippen molar-refractivity contribution in [2.75, 3.05) is 19.0 Å². The summed E-state index contributed by atoms with van der Waals surface area (Å²) in [6, 6.07) is 0.350. The van der Waals surface area contributed by atoms with E-state index >= 15 is 0 Å². The minimum Gasteiger partial charge on any atom is -0.347 e. The van der Waals surface area contributed by atoms with Crippen LogP contribution in [0.15, 0.2) is 18.6 Å². The van der Waals surface area contributed by atoms with E-state index in [9.17, 15) is 0 Å². The zero-order chi connectivity index (χ0) is 13.1. The third kappa shape index (κ3) is 2.88. The van der Waals surface area contributed by atoms with Crippen LogP contribution in [0.2, 0.25) is 0 Å². The molecule has 0 radical (unpaired) electrons. The molecule has 2 rings (SSSR count). The molecule has 0 aromatic carbocycles. The summed E-state index contributed by atoms with van der Waals surface area (Å²) >= 11 is 1.72. The van der Waals surface area contributed by atoms with Crippen LogP contribution in [-0.4, -0.2) is 28.9 Å². The SMILES string of the molecule is CNC(C)c1cnc(N(C)Cc2cnn(C)c2)s1. The number of hydrogen-bond donors (Lipinski definition) is 1. The zero-order valence-electron chi connectivity index (χ0n) is 11.2. The van der Waals surface area contributed by atoms with Crippen molar-refractivity contribution in [3.05, 3.63) is 29.0 Å². The van der Waals surface area contributed by atoms with Crippen LogP contribution < -0.4 is 10.2 Å². The molecule has 0 aliphatic carbocycles. The molecule has 0 saturated carbocycles. The molecule has 0 bridgehead atoms. The quantitative estimate of drug-likeness (QED) is 0.895. The van der Waals surface area contributed by atoms with E-state index in [0.29, 0.717) is 6.04 Å². The van der Waals surface area contributed by atoms with Crippen molar-refractivity contribution in [3.63, 3.8) is 0 Å². The van der Waals surface area contributed by atoms with Crippen molar-refractivity contribution in [2.24, 2.45) is 7.05 Å². The van der Waals surface area contributed by atoms with Gasteiger partial charge in [0.1, 0.15) is 0 Å². The van der Waals surface area contributed by atoms with Crippen LogP contribution in [0.4, 0.5) is 5.13 Å². The van der Waals surface area contributed by atoms with Gasteiger partial charge in [0.2, 0.25) is 0 Å². The minimum absolute atomic E-state index is 0.350. The Kier molecular flexibility index (Phi) is 3.98. The van der Waals surface area contributed by atoms with E-state index in [1.165, 1.54) is 10.4 Å². The highest BCUT2D eigenvalue weighted by Crippen LogP contribution is 2.26. The molecule has 0 saturated heterocycles. The molecule has 0 spiro atoms. The first-order valence-electron chi connectivity index (χ1n) is 5.91. The molecule has 0 aliphatic rings. The topological polar surface area (TPSA) is 46.0 Å². The minimum atomic E-state index is 0.350. The van der Waals surface area contributed by atoms with Gasteiger partial charge >= 0.3 is 0 Å². The van der Waals surface area contributed by atoms with Gasteiger partial charge < -0.3 is 10.2 Å². The number of anilines is 1. The molecule has 1 atom stereocenters. The van der Waals surface area contributed by atoms with E-state index in [1.807, 2.05) is 37.4 Å². The molecule has 18 heavy (non-hydrogen) atoms. The van der Waals surface area contributed by atoms with Gasteiger partial charge in [-0.2, -0.15) is 5.10 Å². The molecule has 0 fully saturated rings. The smallest absolute Gasteiger partial charge is 0.185 e. The Morgan fingerprint density at radius 3 is 2.89 bits per heavy atom. The van der Waals surface area contributed by atoms with Crippen LogP contribution in [0.3, 0.4) is 0 Å². The van der Waals surface area contributed by atoms with Gasteiger partial charge in [0.05, 0.1) is 6.20 Å². The first-order valence-corrected chi connectivity index (χ1v) is 6.73. The molecule has 2 aromatic rings. The maximum Gasteiger partial charge on any atom is 0.185 e. The fourth-order valence-corrected chi connectivity index (χ4v) is 2.63. The summed E-state index contributed by atoms with van der Waals surface area (Å²) in [5, 5.41) is 8.44. The highest BCUT2D eigenvalue weighted by atomic mass is 32.1.